The lowest BCUT2D eigenvalue weighted by Gasteiger charge is -2.40. The molecule has 1 aliphatic carbocycles. The molecule has 0 aromatic heterocycles. The van der Waals surface area contributed by atoms with Crippen molar-refractivity contribution in [1.82, 2.24) is 4.90 Å². The van der Waals surface area contributed by atoms with E-state index in [1.807, 2.05) is 7.05 Å². The van der Waals surface area contributed by atoms with Crippen LogP contribution >= 0.6 is 0 Å². The maximum Gasteiger partial charge on any atom is 0.310 e. The molecule has 1 aromatic carbocycles. The Labute approximate surface area is 115 Å². The predicted octanol–water partition coefficient (Wildman–Crippen LogP) is 2.72. The van der Waals surface area contributed by atoms with Crippen molar-refractivity contribution >= 4 is 5.97 Å². The molecule has 3 nitrogen and oxygen atoms in total. The Morgan fingerprint density at radius 1 is 1.37 bits per heavy atom. The minimum Gasteiger partial charge on any atom is -0.481 e. The molecule has 19 heavy (non-hydrogen) atoms. The first-order chi connectivity index (χ1) is 9.03. The first kappa shape index (κ1) is 14.1. The highest BCUT2D eigenvalue weighted by atomic mass is 16.4. The number of aryl methyl sites for hydroxylation is 1. The first-order valence-corrected chi connectivity index (χ1v) is 7.00. The van der Waals surface area contributed by atoms with Crippen LogP contribution in [0.1, 0.15) is 30.4 Å². The maximum atomic E-state index is 11.3. The van der Waals surface area contributed by atoms with Gasteiger partial charge in [0.2, 0.25) is 0 Å². The molecular formula is C16H23NO2. The molecule has 0 saturated heterocycles. The third-order valence-corrected chi connectivity index (χ3v) is 4.36. The van der Waals surface area contributed by atoms with E-state index in [9.17, 15) is 9.90 Å². The Morgan fingerprint density at radius 2 is 2.05 bits per heavy atom. The van der Waals surface area contributed by atoms with E-state index < -0.39 is 11.4 Å². The topological polar surface area (TPSA) is 40.5 Å². The molecule has 0 radical (unpaired) electrons. The summed E-state index contributed by atoms with van der Waals surface area (Å²) >= 11 is 0. The molecule has 0 unspecified atom stereocenters. The summed E-state index contributed by atoms with van der Waals surface area (Å²) in [6.45, 7) is 3.72. The number of carboxylic acid groups (broad SMARTS) is 1. The van der Waals surface area contributed by atoms with Gasteiger partial charge in [-0.15, -0.1) is 0 Å². The van der Waals surface area contributed by atoms with E-state index in [4.69, 9.17) is 0 Å². The summed E-state index contributed by atoms with van der Waals surface area (Å²) in [6.07, 6.45) is 3.70. The molecule has 1 N–H and O–H groups in total. The highest BCUT2D eigenvalue weighted by Crippen LogP contribution is 2.41. The van der Waals surface area contributed by atoms with Crippen molar-refractivity contribution in [3.05, 3.63) is 35.4 Å². The number of hydrogen-bond acceptors (Lipinski definition) is 2. The number of nitrogens with zero attached hydrogens (tertiary/aromatic N) is 1. The number of carbonyl (C=O) groups is 1. The van der Waals surface area contributed by atoms with Crippen LogP contribution in [0.4, 0.5) is 0 Å². The summed E-state index contributed by atoms with van der Waals surface area (Å²) in [4.78, 5) is 13.5. The molecule has 1 saturated carbocycles. The minimum atomic E-state index is -0.624. The molecule has 1 aliphatic rings. The highest BCUT2D eigenvalue weighted by molar-refractivity contribution is 5.76. The number of aliphatic carboxylic acids is 1. The van der Waals surface area contributed by atoms with Gasteiger partial charge in [0, 0.05) is 13.1 Å². The summed E-state index contributed by atoms with van der Waals surface area (Å²) in [5.41, 5.74) is 2.19. The predicted molar refractivity (Wildman–Crippen MR) is 76.3 cm³/mol. The van der Waals surface area contributed by atoms with Gasteiger partial charge in [-0.2, -0.15) is 0 Å². The molecule has 0 aliphatic heterocycles. The Bertz CT molecular complexity index is 452. The molecule has 0 heterocycles. The standard InChI is InChI=1S/C16H23NO2/c1-13-6-3-4-7-14(13)8-11-17(2)12-16(15(18)19)9-5-10-16/h3-4,6-7H,5,8-12H2,1-2H3,(H,18,19). The molecule has 0 atom stereocenters. The van der Waals surface area contributed by atoms with Crippen molar-refractivity contribution in [3.8, 4) is 0 Å². The third-order valence-electron chi connectivity index (χ3n) is 4.36. The van der Waals surface area contributed by atoms with Crippen molar-refractivity contribution in [2.75, 3.05) is 20.1 Å². The molecule has 104 valence electrons. The largest absolute Gasteiger partial charge is 0.481 e. The van der Waals surface area contributed by atoms with Crippen LogP contribution in [0.3, 0.4) is 0 Å². The van der Waals surface area contributed by atoms with E-state index in [0.29, 0.717) is 6.54 Å². The van der Waals surface area contributed by atoms with Crippen LogP contribution < -0.4 is 0 Å². The number of likely N-dealkylation sites (N-methyl/N-ethyl adjacent to an activating group) is 1. The van der Waals surface area contributed by atoms with Crippen LogP contribution in [-0.2, 0) is 11.2 Å². The van der Waals surface area contributed by atoms with E-state index in [2.05, 4.69) is 36.1 Å². The second kappa shape index (κ2) is 5.74. The zero-order valence-corrected chi connectivity index (χ0v) is 11.9. The quantitative estimate of drug-likeness (QED) is 0.856. The third kappa shape index (κ3) is 3.16. The van der Waals surface area contributed by atoms with Gasteiger partial charge < -0.3 is 10.0 Å². The lowest BCUT2D eigenvalue weighted by atomic mass is 9.68. The summed E-state index contributed by atoms with van der Waals surface area (Å²) in [6, 6.07) is 8.39. The van der Waals surface area contributed by atoms with Gasteiger partial charge in [0.1, 0.15) is 0 Å². The first-order valence-electron chi connectivity index (χ1n) is 7.00. The monoisotopic (exact) mass is 261 g/mol. The Morgan fingerprint density at radius 3 is 2.58 bits per heavy atom. The van der Waals surface area contributed by atoms with Crippen molar-refractivity contribution in [3.63, 3.8) is 0 Å². The van der Waals surface area contributed by atoms with Crippen molar-refractivity contribution < 1.29 is 9.90 Å². The van der Waals surface area contributed by atoms with Crippen LogP contribution in [0.25, 0.3) is 0 Å². The summed E-state index contributed by atoms with van der Waals surface area (Å²) < 4.78 is 0. The minimum absolute atomic E-state index is 0.472. The SMILES string of the molecule is Cc1ccccc1CCN(C)CC1(C(=O)O)CCC1. The average molecular weight is 261 g/mol. The fraction of sp³-hybridized carbons (Fsp3) is 0.562. The summed E-state index contributed by atoms with van der Waals surface area (Å²) in [5, 5.41) is 9.34. The smallest absolute Gasteiger partial charge is 0.310 e. The fourth-order valence-electron chi connectivity index (χ4n) is 2.84. The van der Waals surface area contributed by atoms with Crippen LogP contribution in [0, 0.1) is 12.3 Å². The van der Waals surface area contributed by atoms with Crippen molar-refractivity contribution in [2.45, 2.75) is 32.6 Å². The Balaban J connectivity index is 1.87. The highest BCUT2D eigenvalue weighted by Gasteiger charge is 2.44. The molecule has 2 rings (SSSR count). The van der Waals surface area contributed by atoms with Gasteiger partial charge >= 0.3 is 5.97 Å². The normalized spacial score (nSPS) is 17.2. The van der Waals surface area contributed by atoms with Gasteiger partial charge in [-0.1, -0.05) is 30.7 Å². The number of carboxylic acids is 1. The molecule has 1 fully saturated rings. The van der Waals surface area contributed by atoms with Crippen LogP contribution in [-0.4, -0.2) is 36.1 Å². The van der Waals surface area contributed by atoms with Gasteiger partial charge in [0.05, 0.1) is 5.41 Å². The zero-order valence-electron chi connectivity index (χ0n) is 11.9. The lowest BCUT2D eigenvalue weighted by Crippen LogP contribution is -2.47. The second-order valence-corrected chi connectivity index (χ2v) is 5.85. The van der Waals surface area contributed by atoms with Crippen molar-refractivity contribution in [2.24, 2.45) is 5.41 Å². The van der Waals surface area contributed by atoms with Gasteiger partial charge in [-0.3, -0.25) is 4.79 Å². The van der Waals surface area contributed by atoms with Crippen LogP contribution in [0.5, 0.6) is 0 Å². The van der Waals surface area contributed by atoms with Crippen LogP contribution in [0.2, 0.25) is 0 Å². The number of hydrogen-bond donors (Lipinski definition) is 1. The maximum absolute atomic E-state index is 11.3. The van der Waals surface area contributed by atoms with Crippen LogP contribution in [0.15, 0.2) is 24.3 Å². The molecular weight excluding hydrogens is 238 g/mol. The van der Waals surface area contributed by atoms with Crippen molar-refractivity contribution in [1.29, 1.82) is 0 Å². The van der Waals surface area contributed by atoms with Gasteiger partial charge in [-0.05, 0) is 44.4 Å². The summed E-state index contributed by atoms with van der Waals surface area (Å²) in [7, 11) is 2.03. The average Bonchev–Trinajstić information content (AvgIpc) is 2.32. The zero-order chi connectivity index (χ0) is 13.9. The summed E-state index contributed by atoms with van der Waals surface area (Å²) in [5.74, 6) is -0.624. The number of rotatable bonds is 6. The van der Waals surface area contributed by atoms with Gasteiger partial charge in [-0.25, -0.2) is 0 Å². The molecule has 0 amide bonds. The molecule has 0 spiro atoms. The molecule has 1 aromatic rings. The lowest BCUT2D eigenvalue weighted by molar-refractivity contribution is -0.156. The van der Waals surface area contributed by atoms with Gasteiger partial charge in [0.25, 0.3) is 0 Å². The second-order valence-electron chi connectivity index (χ2n) is 5.85. The number of benzene rings is 1. The molecule has 3 heteroatoms. The van der Waals surface area contributed by atoms with E-state index in [1.54, 1.807) is 0 Å². The Hall–Kier alpha value is -1.35. The molecule has 0 bridgehead atoms. The van der Waals surface area contributed by atoms with Gasteiger partial charge in [0.15, 0.2) is 0 Å². The van der Waals surface area contributed by atoms with E-state index in [-0.39, 0.29) is 0 Å². The van der Waals surface area contributed by atoms with E-state index >= 15 is 0 Å². The fourth-order valence-corrected chi connectivity index (χ4v) is 2.84. The Kier molecular flexibility index (Phi) is 4.25. The van der Waals surface area contributed by atoms with E-state index in [0.717, 1.165) is 32.2 Å². The van der Waals surface area contributed by atoms with E-state index in [1.165, 1.54) is 11.1 Å².